The molecule has 0 bridgehead atoms. The Bertz CT molecular complexity index is 887. The molecule has 0 saturated carbocycles. The van der Waals surface area contributed by atoms with E-state index >= 15 is 0 Å². The van der Waals surface area contributed by atoms with Crippen molar-refractivity contribution in [2.45, 2.75) is 12.8 Å². The van der Waals surface area contributed by atoms with E-state index in [-0.39, 0.29) is 23.8 Å². The van der Waals surface area contributed by atoms with Gasteiger partial charge in [-0.1, -0.05) is 6.07 Å². The van der Waals surface area contributed by atoms with Crippen LogP contribution in [0.5, 0.6) is 0 Å². The molecule has 144 valence electrons. The first-order chi connectivity index (χ1) is 13.6. The fraction of sp³-hybridized carbons (Fsp3) is 0.429. The predicted octanol–water partition coefficient (Wildman–Crippen LogP) is 1.70. The largest absolute Gasteiger partial charge is 0.396 e. The van der Waals surface area contributed by atoms with Crippen LogP contribution in [0.4, 0.5) is 5.82 Å². The van der Waals surface area contributed by atoms with E-state index in [1.54, 1.807) is 36.8 Å². The van der Waals surface area contributed by atoms with E-state index in [4.69, 9.17) is 5.26 Å². The lowest BCUT2D eigenvalue weighted by Crippen LogP contribution is -2.47. The SMILES string of the molecule is N#Cc1cccc(C(=O)N2CCC3(CC2)CN(c2ccncn2)CC3CO)c1. The molecule has 1 atom stereocenters. The van der Waals surface area contributed by atoms with E-state index in [0.717, 1.165) is 31.7 Å². The van der Waals surface area contributed by atoms with Gasteiger partial charge in [-0.2, -0.15) is 5.26 Å². The Balaban J connectivity index is 1.46. The summed E-state index contributed by atoms with van der Waals surface area (Å²) in [6.45, 7) is 3.06. The molecule has 2 fully saturated rings. The lowest BCUT2D eigenvalue weighted by atomic mass is 9.71. The van der Waals surface area contributed by atoms with Gasteiger partial charge in [0.05, 0.1) is 11.6 Å². The Labute approximate surface area is 164 Å². The second kappa shape index (κ2) is 7.56. The zero-order chi connectivity index (χ0) is 19.6. The summed E-state index contributed by atoms with van der Waals surface area (Å²) in [7, 11) is 0. The third kappa shape index (κ3) is 3.32. The number of amides is 1. The molecule has 7 heteroatoms. The predicted molar refractivity (Wildman–Crippen MR) is 104 cm³/mol. The van der Waals surface area contributed by atoms with Crippen molar-refractivity contribution in [2.75, 3.05) is 37.7 Å². The van der Waals surface area contributed by atoms with E-state index in [1.807, 2.05) is 11.0 Å². The van der Waals surface area contributed by atoms with Gasteiger partial charge in [-0.3, -0.25) is 4.79 Å². The number of nitrogens with zero attached hydrogens (tertiary/aromatic N) is 5. The first-order valence-corrected chi connectivity index (χ1v) is 9.56. The van der Waals surface area contributed by atoms with Gasteiger partial charge < -0.3 is 14.9 Å². The van der Waals surface area contributed by atoms with Gasteiger partial charge in [0, 0.05) is 50.5 Å². The first kappa shape index (κ1) is 18.4. The Hall–Kier alpha value is -2.98. The molecular formula is C21H23N5O2. The van der Waals surface area contributed by atoms with Gasteiger partial charge in [-0.15, -0.1) is 0 Å². The Morgan fingerprint density at radius 1 is 1.32 bits per heavy atom. The average Bonchev–Trinajstić information content (AvgIpc) is 3.12. The van der Waals surface area contributed by atoms with Crippen molar-refractivity contribution < 1.29 is 9.90 Å². The van der Waals surface area contributed by atoms with Crippen molar-refractivity contribution >= 4 is 11.7 Å². The maximum atomic E-state index is 12.8. The van der Waals surface area contributed by atoms with Crippen LogP contribution in [0.2, 0.25) is 0 Å². The van der Waals surface area contributed by atoms with Crippen molar-refractivity contribution in [1.82, 2.24) is 14.9 Å². The molecule has 0 aliphatic carbocycles. The normalized spacial score (nSPS) is 20.9. The highest BCUT2D eigenvalue weighted by atomic mass is 16.3. The van der Waals surface area contributed by atoms with Gasteiger partial charge in [0.2, 0.25) is 0 Å². The number of benzene rings is 1. The molecule has 7 nitrogen and oxygen atoms in total. The average molecular weight is 377 g/mol. The number of aliphatic hydroxyl groups is 1. The molecule has 1 aromatic heterocycles. The summed E-state index contributed by atoms with van der Waals surface area (Å²) in [6.07, 6.45) is 4.98. The molecule has 1 spiro atoms. The van der Waals surface area contributed by atoms with Crippen molar-refractivity contribution in [3.63, 3.8) is 0 Å². The van der Waals surface area contributed by atoms with Gasteiger partial charge in [-0.25, -0.2) is 9.97 Å². The van der Waals surface area contributed by atoms with Gasteiger partial charge in [0.25, 0.3) is 5.91 Å². The maximum absolute atomic E-state index is 12.8. The zero-order valence-electron chi connectivity index (χ0n) is 15.7. The number of hydrogen-bond donors (Lipinski definition) is 1. The van der Waals surface area contributed by atoms with Crippen LogP contribution in [0, 0.1) is 22.7 Å². The fourth-order valence-corrected chi connectivity index (χ4v) is 4.56. The van der Waals surface area contributed by atoms with Gasteiger partial charge in [0.1, 0.15) is 12.1 Å². The second-order valence-corrected chi connectivity index (χ2v) is 7.67. The van der Waals surface area contributed by atoms with E-state index in [0.29, 0.717) is 24.2 Å². The molecule has 2 aliphatic heterocycles. The number of anilines is 1. The lowest BCUT2D eigenvalue weighted by molar-refractivity contribution is 0.0416. The maximum Gasteiger partial charge on any atom is 0.253 e. The monoisotopic (exact) mass is 377 g/mol. The van der Waals surface area contributed by atoms with Crippen molar-refractivity contribution in [2.24, 2.45) is 11.3 Å². The van der Waals surface area contributed by atoms with E-state index in [9.17, 15) is 9.90 Å². The molecule has 28 heavy (non-hydrogen) atoms. The molecular weight excluding hydrogens is 354 g/mol. The summed E-state index contributed by atoms with van der Waals surface area (Å²) in [4.78, 5) is 25.3. The fourth-order valence-electron chi connectivity index (χ4n) is 4.56. The number of nitriles is 1. The van der Waals surface area contributed by atoms with Gasteiger partial charge in [-0.05, 0) is 42.5 Å². The molecule has 0 radical (unpaired) electrons. The number of likely N-dealkylation sites (tertiary alicyclic amines) is 1. The van der Waals surface area contributed by atoms with Gasteiger partial charge in [0.15, 0.2) is 0 Å². The third-order valence-corrected chi connectivity index (χ3v) is 6.21. The van der Waals surface area contributed by atoms with Crippen LogP contribution in [0.1, 0.15) is 28.8 Å². The molecule has 1 amide bonds. The van der Waals surface area contributed by atoms with Crippen LogP contribution in [0.3, 0.4) is 0 Å². The topological polar surface area (TPSA) is 93.4 Å². The summed E-state index contributed by atoms with van der Waals surface area (Å²) in [6, 6.07) is 10.8. The van der Waals surface area contributed by atoms with Gasteiger partial charge >= 0.3 is 0 Å². The van der Waals surface area contributed by atoms with E-state index < -0.39 is 0 Å². The molecule has 3 heterocycles. The number of hydrogen-bond acceptors (Lipinski definition) is 6. The molecule has 1 aromatic carbocycles. The van der Waals surface area contributed by atoms with E-state index in [1.165, 1.54) is 0 Å². The molecule has 2 aromatic rings. The molecule has 4 rings (SSSR count). The minimum atomic E-state index is -0.0295. The highest BCUT2D eigenvalue weighted by Gasteiger charge is 2.48. The van der Waals surface area contributed by atoms with Crippen LogP contribution >= 0.6 is 0 Å². The van der Waals surface area contributed by atoms with Crippen LogP contribution in [0.25, 0.3) is 0 Å². The summed E-state index contributed by atoms with van der Waals surface area (Å²) in [5.74, 6) is 1.02. The summed E-state index contributed by atoms with van der Waals surface area (Å²) in [5, 5.41) is 19.0. The number of aliphatic hydroxyl groups excluding tert-OH is 1. The standard InChI is InChI=1S/C21H23N5O2/c22-11-16-2-1-3-17(10-16)20(28)25-8-5-21(6-9-25)14-26(12-18(21)13-27)19-4-7-23-15-24-19/h1-4,7,10,15,18,27H,5-6,8-9,12-14H2. The van der Waals surface area contributed by atoms with Crippen LogP contribution in [0.15, 0.2) is 42.9 Å². The Morgan fingerprint density at radius 3 is 2.82 bits per heavy atom. The third-order valence-electron chi connectivity index (χ3n) is 6.21. The van der Waals surface area contributed by atoms with Crippen LogP contribution < -0.4 is 4.90 Å². The second-order valence-electron chi connectivity index (χ2n) is 7.67. The summed E-state index contributed by atoms with van der Waals surface area (Å²) < 4.78 is 0. The van der Waals surface area contributed by atoms with Crippen LogP contribution in [-0.4, -0.2) is 58.7 Å². The smallest absolute Gasteiger partial charge is 0.253 e. The minimum absolute atomic E-state index is 0.00895. The quantitative estimate of drug-likeness (QED) is 0.875. The van der Waals surface area contributed by atoms with E-state index in [2.05, 4.69) is 20.9 Å². The van der Waals surface area contributed by atoms with Crippen molar-refractivity contribution in [3.05, 3.63) is 54.0 Å². The first-order valence-electron chi connectivity index (χ1n) is 9.56. The number of carbonyl (C=O) groups excluding carboxylic acids is 1. The number of rotatable bonds is 3. The Kier molecular flexibility index (Phi) is 4.97. The highest BCUT2D eigenvalue weighted by molar-refractivity contribution is 5.94. The molecule has 1 N–H and O–H groups in total. The van der Waals surface area contributed by atoms with Crippen molar-refractivity contribution in [1.29, 1.82) is 5.26 Å². The summed E-state index contributed by atoms with van der Waals surface area (Å²) >= 11 is 0. The number of carbonyl (C=O) groups is 1. The summed E-state index contributed by atoms with van der Waals surface area (Å²) in [5.41, 5.74) is 1.05. The highest BCUT2D eigenvalue weighted by Crippen LogP contribution is 2.45. The Morgan fingerprint density at radius 2 is 2.14 bits per heavy atom. The van der Waals surface area contributed by atoms with Crippen molar-refractivity contribution in [3.8, 4) is 6.07 Å². The minimum Gasteiger partial charge on any atom is -0.396 e. The molecule has 2 aliphatic rings. The number of aromatic nitrogens is 2. The molecule has 1 unspecified atom stereocenters. The lowest BCUT2D eigenvalue weighted by Gasteiger charge is -2.42. The molecule has 2 saturated heterocycles. The number of piperidine rings is 1. The van der Waals surface area contributed by atoms with Crippen LogP contribution in [-0.2, 0) is 0 Å². The zero-order valence-corrected chi connectivity index (χ0v) is 15.7.